The van der Waals surface area contributed by atoms with Crippen molar-refractivity contribution in [1.29, 1.82) is 0 Å². The maximum atomic E-state index is 15.3. The van der Waals surface area contributed by atoms with Crippen LogP contribution in [0, 0.1) is 46.8 Å². The first-order valence-corrected chi connectivity index (χ1v) is 17.5. The molecule has 1 N–H and O–H groups in total. The highest BCUT2D eigenvalue weighted by atomic mass is 79.9. The fraction of sp³-hybridized carbons (Fsp3) is 0.273. The zero-order chi connectivity index (χ0) is 37.2. The molecule has 2 heterocycles. The average Bonchev–Trinajstić information content (AvgIpc) is 3.44. The predicted octanol–water partition coefficient (Wildman–Crippen LogP) is 8.04. The molecule has 0 spiro atoms. The van der Waals surface area contributed by atoms with Crippen molar-refractivity contribution in [3.05, 3.63) is 90.6 Å². The normalized spacial score (nSPS) is 28.6. The van der Waals surface area contributed by atoms with Crippen LogP contribution >= 0.6 is 66.7 Å². The Morgan fingerprint density at radius 3 is 2.02 bits per heavy atom. The summed E-state index contributed by atoms with van der Waals surface area (Å²) in [4.78, 5) is 52.1. The Balaban J connectivity index is 1.47. The van der Waals surface area contributed by atoms with Gasteiger partial charge in [0, 0.05) is 15.4 Å². The van der Waals surface area contributed by atoms with E-state index in [2.05, 4.69) is 31.9 Å². The lowest BCUT2D eigenvalue weighted by Gasteiger charge is -2.51. The third kappa shape index (κ3) is 4.66. The first-order chi connectivity index (χ1) is 23.9. The van der Waals surface area contributed by atoms with E-state index in [0.717, 1.165) is 4.90 Å². The number of nitrogens with zero attached hydrogens (tertiary/aromatic N) is 2. The molecule has 2 saturated heterocycles. The van der Waals surface area contributed by atoms with Gasteiger partial charge in [-0.15, -0.1) is 23.2 Å². The summed E-state index contributed by atoms with van der Waals surface area (Å²) in [6.07, 6.45) is 0.799. The summed E-state index contributed by atoms with van der Waals surface area (Å²) < 4.78 is 78.9. The molecule has 51 heavy (non-hydrogen) atoms. The fourth-order valence-corrected chi connectivity index (χ4v) is 9.74. The third-order valence-corrected chi connectivity index (χ3v) is 13.8. The summed E-state index contributed by atoms with van der Waals surface area (Å²) in [5.74, 6) is -22.5. The summed E-state index contributed by atoms with van der Waals surface area (Å²) in [7, 11) is 1.21. The summed E-state index contributed by atoms with van der Waals surface area (Å²) in [6, 6.07) is 7.10. The van der Waals surface area contributed by atoms with E-state index in [9.17, 15) is 37.5 Å². The van der Waals surface area contributed by atoms with Crippen molar-refractivity contribution in [3.63, 3.8) is 0 Å². The second-order valence-corrected chi connectivity index (χ2v) is 15.6. The van der Waals surface area contributed by atoms with Crippen LogP contribution in [0.4, 0.5) is 33.3 Å². The fourth-order valence-electron chi connectivity index (χ4n) is 7.73. The minimum Gasteiger partial charge on any atom is -0.503 e. The zero-order valence-corrected chi connectivity index (χ0v) is 30.8. The lowest BCUT2D eigenvalue weighted by molar-refractivity contribution is -0.125. The zero-order valence-electron chi connectivity index (χ0n) is 25.4. The highest BCUT2D eigenvalue weighted by molar-refractivity contribution is 9.13. The standard InChI is InChI=1S/C33H18Br2Cl3F5N2O6/c1-51-16-8-14(19(34)20(35)27(16)46)18-12-6-7-13-17(29(48)44(28(13)47)11-4-2-10(36)3-5-11)15(12)9-32(37)30(49)45(31(50)33(18,32)38)26-24(42)22(40)21(39)23(41)25(26)43/h2-6,8,13,15,17-18,46H,7,9H2,1H3. The number of fused-ring (bicyclic) bond motifs is 4. The second-order valence-electron chi connectivity index (χ2n) is 12.3. The number of carbonyl (C=O) groups excluding carboxylic acids is 4. The van der Waals surface area contributed by atoms with Crippen molar-refractivity contribution in [2.24, 2.45) is 17.8 Å². The highest BCUT2D eigenvalue weighted by Gasteiger charge is 2.77. The van der Waals surface area contributed by atoms with Crippen LogP contribution in [-0.4, -0.2) is 45.6 Å². The summed E-state index contributed by atoms with van der Waals surface area (Å²) >= 11 is 27.0. The number of hydrogen-bond donors (Lipinski definition) is 1. The molecule has 4 amide bonds. The summed E-state index contributed by atoms with van der Waals surface area (Å²) in [5.41, 5.74) is -1.47. The number of amides is 4. The number of imide groups is 2. The molecular weight excluding hydrogens is 882 g/mol. The number of phenolic OH excluding ortho intramolecular Hbond substituents is 1. The van der Waals surface area contributed by atoms with E-state index in [-0.39, 0.29) is 42.8 Å². The number of ether oxygens (including phenoxy) is 1. The van der Waals surface area contributed by atoms with Crippen molar-refractivity contribution in [1.82, 2.24) is 0 Å². The molecule has 2 aliphatic heterocycles. The van der Waals surface area contributed by atoms with E-state index in [4.69, 9.17) is 39.5 Å². The molecule has 3 aromatic rings. The third-order valence-electron chi connectivity index (χ3n) is 10.0. The van der Waals surface area contributed by atoms with Crippen LogP contribution in [0.3, 0.4) is 0 Å². The van der Waals surface area contributed by atoms with Gasteiger partial charge in [-0.1, -0.05) is 23.3 Å². The van der Waals surface area contributed by atoms with Gasteiger partial charge in [0.15, 0.2) is 44.5 Å². The Bertz CT molecular complexity index is 2150. The van der Waals surface area contributed by atoms with Crippen LogP contribution in [0.25, 0.3) is 0 Å². The first-order valence-electron chi connectivity index (χ1n) is 14.8. The van der Waals surface area contributed by atoms with Gasteiger partial charge in [-0.3, -0.25) is 24.1 Å². The average molecular weight is 900 g/mol. The number of anilines is 2. The van der Waals surface area contributed by atoms with E-state index in [1.54, 1.807) is 6.08 Å². The van der Waals surface area contributed by atoms with Crippen LogP contribution in [0.1, 0.15) is 24.3 Å². The number of aromatic hydroxyl groups is 1. The number of hydrogen-bond acceptors (Lipinski definition) is 6. The molecule has 7 rings (SSSR count). The Labute approximate surface area is 316 Å². The Hall–Kier alpha value is -3.24. The largest absolute Gasteiger partial charge is 0.503 e. The van der Waals surface area contributed by atoms with Crippen molar-refractivity contribution in [2.45, 2.75) is 28.5 Å². The number of allylic oxidation sites excluding steroid dienone is 2. The molecule has 3 fully saturated rings. The minimum absolute atomic E-state index is 0.0118. The molecule has 6 unspecified atom stereocenters. The van der Waals surface area contributed by atoms with Gasteiger partial charge in [0.25, 0.3) is 11.8 Å². The van der Waals surface area contributed by atoms with Gasteiger partial charge in [0.05, 0.1) is 29.1 Å². The van der Waals surface area contributed by atoms with Crippen molar-refractivity contribution in [2.75, 3.05) is 16.9 Å². The van der Waals surface area contributed by atoms with E-state index in [1.807, 2.05) is 0 Å². The van der Waals surface area contributed by atoms with Gasteiger partial charge >= 0.3 is 0 Å². The predicted molar refractivity (Wildman–Crippen MR) is 180 cm³/mol. The second kappa shape index (κ2) is 12.2. The highest BCUT2D eigenvalue weighted by Crippen LogP contribution is 2.67. The van der Waals surface area contributed by atoms with Crippen molar-refractivity contribution in [3.8, 4) is 11.5 Å². The van der Waals surface area contributed by atoms with Crippen LogP contribution in [0.15, 0.2) is 50.9 Å². The number of carbonyl (C=O) groups is 4. The first kappa shape index (κ1) is 36.1. The summed E-state index contributed by atoms with van der Waals surface area (Å²) in [5, 5.41) is 11.0. The molecule has 8 nitrogen and oxygen atoms in total. The van der Waals surface area contributed by atoms with Crippen LogP contribution in [0.2, 0.25) is 5.02 Å². The molecule has 0 aromatic heterocycles. The molecule has 1 saturated carbocycles. The number of phenols is 1. The lowest BCUT2D eigenvalue weighted by Crippen LogP contribution is -2.60. The monoisotopic (exact) mass is 896 g/mol. The van der Waals surface area contributed by atoms with E-state index in [0.29, 0.717) is 5.02 Å². The molecule has 6 atom stereocenters. The Morgan fingerprint density at radius 2 is 1.43 bits per heavy atom. The smallest absolute Gasteiger partial charge is 0.258 e. The van der Waals surface area contributed by atoms with Gasteiger partial charge in [0.1, 0.15) is 5.69 Å². The maximum Gasteiger partial charge on any atom is 0.258 e. The maximum absolute atomic E-state index is 15.3. The van der Waals surface area contributed by atoms with Crippen LogP contribution in [0.5, 0.6) is 11.5 Å². The van der Waals surface area contributed by atoms with Gasteiger partial charge in [0.2, 0.25) is 17.6 Å². The topological polar surface area (TPSA) is 104 Å². The molecule has 18 heteroatoms. The molecule has 0 bridgehead atoms. The lowest BCUT2D eigenvalue weighted by atomic mass is 9.56. The molecule has 3 aromatic carbocycles. The van der Waals surface area contributed by atoms with Crippen molar-refractivity contribution < 1.29 is 51.0 Å². The quantitative estimate of drug-likeness (QED) is 0.0711. The molecule has 266 valence electrons. The van der Waals surface area contributed by atoms with Gasteiger partial charge in [-0.05, 0) is 86.5 Å². The molecular formula is C33H18Br2Cl3F5N2O6. The SMILES string of the molecule is COc1cc(C2C3=CCC4C(=O)N(c5ccc(Cl)cc5)C(=O)C4C3CC3(Cl)C(=O)N(c4c(F)c(F)c(F)c(F)c4F)C(=O)C23Cl)c(Br)c(Br)c1O. The Kier molecular flexibility index (Phi) is 8.61. The van der Waals surface area contributed by atoms with Crippen molar-refractivity contribution >= 4 is 102 Å². The number of halogens is 10. The summed E-state index contributed by atoms with van der Waals surface area (Å²) in [6.45, 7) is 0. The van der Waals surface area contributed by atoms with E-state index in [1.165, 1.54) is 37.4 Å². The van der Waals surface area contributed by atoms with E-state index < -0.39 is 104 Å². The molecule has 4 aliphatic rings. The number of rotatable bonds is 4. The Morgan fingerprint density at radius 1 is 0.843 bits per heavy atom. The van der Waals surface area contributed by atoms with E-state index >= 15 is 8.78 Å². The number of methoxy groups -OCH3 is 1. The van der Waals surface area contributed by atoms with Gasteiger partial charge in [-0.25, -0.2) is 26.9 Å². The van der Waals surface area contributed by atoms with Gasteiger partial charge in [-0.2, -0.15) is 0 Å². The minimum atomic E-state index is -2.77. The number of benzene rings is 3. The van der Waals surface area contributed by atoms with Crippen LogP contribution in [-0.2, 0) is 19.2 Å². The van der Waals surface area contributed by atoms with Gasteiger partial charge < -0.3 is 9.84 Å². The molecule has 0 radical (unpaired) electrons. The van der Waals surface area contributed by atoms with Crippen LogP contribution < -0.4 is 14.5 Å². The molecule has 2 aliphatic carbocycles. The number of alkyl halides is 2.